The van der Waals surface area contributed by atoms with E-state index in [1.54, 1.807) is 0 Å². The molecule has 0 N–H and O–H groups in total. The highest BCUT2D eigenvalue weighted by Crippen LogP contribution is 2.33. The Labute approximate surface area is 77.0 Å². The smallest absolute Gasteiger partial charge is 0.337 e. The number of cyclic esters (lactones) is 1. The standard InChI is InChI=1S/C10H12O3/c1-2-7-5-13-10(11)9-6-12-4-3-8(7)9/h2,6-8H,1,3-5H2/t7-,8-/m1/s1. The van der Waals surface area contributed by atoms with Crippen LogP contribution in [0.5, 0.6) is 0 Å². The van der Waals surface area contributed by atoms with E-state index in [4.69, 9.17) is 9.47 Å². The highest BCUT2D eigenvalue weighted by Gasteiger charge is 2.35. The van der Waals surface area contributed by atoms with Crippen LogP contribution in [0.15, 0.2) is 24.5 Å². The van der Waals surface area contributed by atoms with E-state index in [1.165, 1.54) is 6.26 Å². The molecule has 2 heterocycles. The van der Waals surface area contributed by atoms with Gasteiger partial charge in [0.15, 0.2) is 0 Å². The zero-order valence-electron chi connectivity index (χ0n) is 7.36. The SMILES string of the molecule is C=C[C@@H]1COC(=O)C2=COCC[C@@H]21. The lowest BCUT2D eigenvalue weighted by atomic mass is 9.82. The molecule has 70 valence electrons. The molecule has 1 saturated heterocycles. The molecule has 0 aromatic rings. The minimum Gasteiger partial charge on any atom is -0.501 e. The fourth-order valence-corrected chi connectivity index (χ4v) is 1.83. The Morgan fingerprint density at radius 2 is 2.46 bits per heavy atom. The second kappa shape index (κ2) is 3.24. The lowest BCUT2D eigenvalue weighted by Crippen LogP contribution is -2.34. The minimum atomic E-state index is -0.234. The molecule has 0 radical (unpaired) electrons. The molecule has 0 spiro atoms. The first kappa shape index (κ1) is 8.35. The van der Waals surface area contributed by atoms with Gasteiger partial charge in [0.05, 0.1) is 25.0 Å². The van der Waals surface area contributed by atoms with Gasteiger partial charge in [-0.25, -0.2) is 4.79 Å². The molecule has 1 fully saturated rings. The van der Waals surface area contributed by atoms with Crippen molar-refractivity contribution in [3.8, 4) is 0 Å². The van der Waals surface area contributed by atoms with E-state index in [1.807, 2.05) is 6.08 Å². The quantitative estimate of drug-likeness (QED) is 0.450. The molecule has 3 heteroatoms. The average Bonchev–Trinajstić information content (AvgIpc) is 2.19. The third kappa shape index (κ3) is 1.34. The molecule has 3 nitrogen and oxygen atoms in total. The highest BCUT2D eigenvalue weighted by molar-refractivity contribution is 5.89. The third-order valence-corrected chi connectivity index (χ3v) is 2.62. The van der Waals surface area contributed by atoms with Crippen LogP contribution < -0.4 is 0 Å². The van der Waals surface area contributed by atoms with Crippen LogP contribution in [0.25, 0.3) is 0 Å². The Morgan fingerprint density at radius 3 is 3.23 bits per heavy atom. The summed E-state index contributed by atoms with van der Waals surface area (Å²) >= 11 is 0. The maximum Gasteiger partial charge on any atom is 0.337 e. The van der Waals surface area contributed by atoms with E-state index in [0.717, 1.165) is 6.42 Å². The van der Waals surface area contributed by atoms with Crippen LogP contribution in [-0.4, -0.2) is 19.2 Å². The Hall–Kier alpha value is -1.25. The van der Waals surface area contributed by atoms with E-state index in [-0.39, 0.29) is 17.8 Å². The molecule has 0 saturated carbocycles. The van der Waals surface area contributed by atoms with Gasteiger partial charge in [0.25, 0.3) is 0 Å². The predicted octanol–water partition coefficient (Wildman–Crippen LogP) is 1.27. The number of ether oxygens (including phenoxy) is 2. The third-order valence-electron chi connectivity index (χ3n) is 2.62. The lowest BCUT2D eigenvalue weighted by molar-refractivity contribution is -0.145. The lowest BCUT2D eigenvalue weighted by Gasteiger charge is -2.32. The summed E-state index contributed by atoms with van der Waals surface area (Å²) < 4.78 is 10.1. The van der Waals surface area contributed by atoms with Crippen LogP contribution >= 0.6 is 0 Å². The number of rotatable bonds is 1. The van der Waals surface area contributed by atoms with Gasteiger partial charge in [-0.15, -0.1) is 6.58 Å². The summed E-state index contributed by atoms with van der Waals surface area (Å²) in [5.74, 6) is 0.281. The van der Waals surface area contributed by atoms with Crippen molar-refractivity contribution in [2.75, 3.05) is 13.2 Å². The molecule has 0 bridgehead atoms. The van der Waals surface area contributed by atoms with Gasteiger partial charge in [-0.3, -0.25) is 0 Å². The second-order valence-corrected chi connectivity index (χ2v) is 3.34. The first-order chi connectivity index (χ1) is 6.33. The molecular weight excluding hydrogens is 168 g/mol. The van der Waals surface area contributed by atoms with Gasteiger partial charge in [0.2, 0.25) is 0 Å². The number of fused-ring (bicyclic) bond motifs is 1. The van der Waals surface area contributed by atoms with Gasteiger partial charge in [-0.05, 0) is 6.42 Å². The first-order valence-corrected chi connectivity index (χ1v) is 4.44. The molecule has 2 aliphatic heterocycles. The van der Waals surface area contributed by atoms with E-state index in [2.05, 4.69) is 6.58 Å². The first-order valence-electron chi connectivity index (χ1n) is 4.44. The van der Waals surface area contributed by atoms with Crippen molar-refractivity contribution in [3.63, 3.8) is 0 Å². The van der Waals surface area contributed by atoms with E-state index in [0.29, 0.717) is 18.8 Å². The monoisotopic (exact) mass is 180 g/mol. The molecule has 0 aromatic heterocycles. The predicted molar refractivity (Wildman–Crippen MR) is 46.8 cm³/mol. The molecular formula is C10H12O3. The molecule has 0 aromatic carbocycles. The molecule has 2 atom stereocenters. The summed E-state index contributed by atoms with van der Waals surface area (Å²) in [4.78, 5) is 11.3. The van der Waals surface area contributed by atoms with Crippen LogP contribution in [-0.2, 0) is 14.3 Å². The minimum absolute atomic E-state index is 0.234. The number of hydrogen-bond acceptors (Lipinski definition) is 3. The Morgan fingerprint density at radius 1 is 1.62 bits per heavy atom. The average molecular weight is 180 g/mol. The summed E-state index contributed by atoms with van der Waals surface area (Å²) in [5, 5.41) is 0. The molecule has 2 rings (SSSR count). The van der Waals surface area contributed by atoms with Gasteiger partial charge in [0, 0.05) is 11.8 Å². The van der Waals surface area contributed by atoms with Gasteiger partial charge in [-0.1, -0.05) is 6.08 Å². The van der Waals surface area contributed by atoms with Gasteiger partial charge < -0.3 is 9.47 Å². The number of carbonyl (C=O) groups excluding carboxylic acids is 1. The molecule has 0 amide bonds. The van der Waals surface area contributed by atoms with Gasteiger partial charge >= 0.3 is 5.97 Å². The van der Waals surface area contributed by atoms with Gasteiger partial charge in [0.1, 0.15) is 0 Å². The fourth-order valence-electron chi connectivity index (χ4n) is 1.83. The molecule has 0 unspecified atom stereocenters. The van der Waals surface area contributed by atoms with Crippen LogP contribution in [0.1, 0.15) is 6.42 Å². The Bertz CT molecular complexity index is 267. The highest BCUT2D eigenvalue weighted by atomic mass is 16.5. The van der Waals surface area contributed by atoms with Crippen LogP contribution in [0.3, 0.4) is 0 Å². The second-order valence-electron chi connectivity index (χ2n) is 3.34. The summed E-state index contributed by atoms with van der Waals surface area (Å²) in [7, 11) is 0. The zero-order valence-corrected chi connectivity index (χ0v) is 7.36. The van der Waals surface area contributed by atoms with E-state index in [9.17, 15) is 4.79 Å². The molecule has 13 heavy (non-hydrogen) atoms. The fraction of sp³-hybridized carbons (Fsp3) is 0.500. The van der Waals surface area contributed by atoms with Crippen LogP contribution in [0, 0.1) is 11.8 Å². The van der Waals surface area contributed by atoms with Crippen molar-refractivity contribution < 1.29 is 14.3 Å². The number of esters is 1. The van der Waals surface area contributed by atoms with Crippen molar-refractivity contribution in [2.45, 2.75) is 6.42 Å². The Kier molecular flexibility index (Phi) is 2.08. The Balaban J connectivity index is 2.26. The summed E-state index contributed by atoms with van der Waals surface area (Å²) in [6.07, 6.45) is 4.28. The van der Waals surface area contributed by atoms with Crippen molar-refractivity contribution in [2.24, 2.45) is 11.8 Å². The van der Waals surface area contributed by atoms with Crippen molar-refractivity contribution in [3.05, 3.63) is 24.5 Å². The maximum absolute atomic E-state index is 11.3. The largest absolute Gasteiger partial charge is 0.501 e. The van der Waals surface area contributed by atoms with Crippen LogP contribution in [0.4, 0.5) is 0 Å². The normalized spacial score (nSPS) is 32.3. The molecule has 0 aliphatic carbocycles. The number of hydrogen-bond donors (Lipinski definition) is 0. The summed E-state index contributed by atoms with van der Waals surface area (Å²) in [5.41, 5.74) is 0.669. The van der Waals surface area contributed by atoms with E-state index >= 15 is 0 Å². The summed E-state index contributed by atoms with van der Waals surface area (Å²) in [6.45, 7) is 4.89. The van der Waals surface area contributed by atoms with Crippen molar-refractivity contribution in [1.82, 2.24) is 0 Å². The molecule has 2 aliphatic rings. The summed E-state index contributed by atoms with van der Waals surface area (Å²) in [6, 6.07) is 0. The maximum atomic E-state index is 11.3. The van der Waals surface area contributed by atoms with E-state index < -0.39 is 0 Å². The number of carbonyl (C=O) groups is 1. The van der Waals surface area contributed by atoms with Crippen LogP contribution in [0.2, 0.25) is 0 Å². The van der Waals surface area contributed by atoms with Crippen molar-refractivity contribution >= 4 is 5.97 Å². The van der Waals surface area contributed by atoms with Gasteiger partial charge in [-0.2, -0.15) is 0 Å². The van der Waals surface area contributed by atoms with Crippen molar-refractivity contribution in [1.29, 1.82) is 0 Å². The topological polar surface area (TPSA) is 35.5 Å². The zero-order chi connectivity index (χ0) is 9.26.